The summed E-state index contributed by atoms with van der Waals surface area (Å²) in [6, 6.07) is 3.69. The van der Waals surface area contributed by atoms with Crippen LogP contribution < -0.4 is 0 Å². The minimum atomic E-state index is -0.985. The van der Waals surface area contributed by atoms with E-state index in [1.165, 1.54) is 0 Å². The highest BCUT2D eigenvalue weighted by molar-refractivity contribution is 6.04. The Kier molecular flexibility index (Phi) is 4.82. The molecular formula is C18H25NO4. The first-order valence-electron chi connectivity index (χ1n) is 7.86. The summed E-state index contributed by atoms with van der Waals surface area (Å²) in [6.07, 6.45) is 1.64. The van der Waals surface area contributed by atoms with E-state index in [1.807, 2.05) is 31.4 Å². The van der Waals surface area contributed by atoms with Crippen LogP contribution in [0, 0.1) is 0 Å². The molecular weight excluding hydrogens is 294 g/mol. The van der Waals surface area contributed by atoms with Gasteiger partial charge in [0.1, 0.15) is 0 Å². The van der Waals surface area contributed by atoms with E-state index >= 15 is 0 Å². The minimum absolute atomic E-state index is 0.0339. The standard InChI is InChI=1S/C18H25NO4/c1-11(21)15-10-19(6-5-7-20)16-13(15)8-12(18(2,3)4)9-14(16)17(22)23/h8-11,20-21H,5-7H2,1-4H3,(H,22,23). The van der Waals surface area contributed by atoms with Crippen molar-refractivity contribution in [1.29, 1.82) is 0 Å². The molecule has 1 aromatic carbocycles. The van der Waals surface area contributed by atoms with Gasteiger partial charge in [-0.2, -0.15) is 0 Å². The number of aliphatic hydroxyl groups is 2. The number of carbonyl (C=O) groups is 1. The number of hydrogen-bond acceptors (Lipinski definition) is 3. The van der Waals surface area contributed by atoms with Gasteiger partial charge >= 0.3 is 5.97 Å². The average molecular weight is 319 g/mol. The normalized spacial score (nSPS) is 13.5. The van der Waals surface area contributed by atoms with Gasteiger partial charge in [0.15, 0.2) is 0 Å². The van der Waals surface area contributed by atoms with Crippen molar-refractivity contribution in [2.75, 3.05) is 6.61 Å². The molecule has 0 aliphatic heterocycles. The molecule has 1 unspecified atom stereocenters. The van der Waals surface area contributed by atoms with Crippen molar-refractivity contribution in [3.63, 3.8) is 0 Å². The second-order valence-electron chi connectivity index (χ2n) is 7.01. The number of aliphatic hydroxyl groups excluding tert-OH is 2. The van der Waals surface area contributed by atoms with Crippen LogP contribution in [0.4, 0.5) is 0 Å². The molecule has 1 atom stereocenters. The first kappa shape index (κ1) is 17.5. The first-order chi connectivity index (χ1) is 10.7. The third-order valence-electron chi connectivity index (χ3n) is 4.11. The Morgan fingerprint density at radius 1 is 1.30 bits per heavy atom. The molecule has 0 bridgehead atoms. The number of nitrogens with zero attached hydrogens (tertiary/aromatic N) is 1. The number of hydrogen-bond donors (Lipinski definition) is 3. The maximum Gasteiger partial charge on any atom is 0.337 e. The Morgan fingerprint density at radius 3 is 2.43 bits per heavy atom. The summed E-state index contributed by atoms with van der Waals surface area (Å²) in [5, 5.41) is 29.6. The fourth-order valence-electron chi connectivity index (χ4n) is 2.81. The molecule has 2 aromatic rings. The number of carboxylic acid groups (broad SMARTS) is 1. The molecule has 0 saturated heterocycles. The molecule has 3 N–H and O–H groups in total. The van der Waals surface area contributed by atoms with Crippen LogP contribution in [-0.2, 0) is 12.0 Å². The van der Waals surface area contributed by atoms with E-state index in [-0.39, 0.29) is 17.6 Å². The summed E-state index contributed by atoms with van der Waals surface area (Å²) >= 11 is 0. The molecule has 0 fully saturated rings. The number of rotatable bonds is 5. The highest BCUT2D eigenvalue weighted by Crippen LogP contribution is 2.34. The minimum Gasteiger partial charge on any atom is -0.478 e. The molecule has 1 heterocycles. The number of benzene rings is 1. The van der Waals surface area contributed by atoms with Crippen LogP contribution in [0.3, 0.4) is 0 Å². The molecule has 1 aromatic heterocycles. The number of aromatic nitrogens is 1. The van der Waals surface area contributed by atoms with Gasteiger partial charge < -0.3 is 19.9 Å². The molecule has 23 heavy (non-hydrogen) atoms. The van der Waals surface area contributed by atoms with Crippen molar-refractivity contribution in [3.05, 3.63) is 35.0 Å². The van der Waals surface area contributed by atoms with Crippen molar-refractivity contribution >= 4 is 16.9 Å². The second kappa shape index (κ2) is 6.34. The summed E-state index contributed by atoms with van der Waals surface area (Å²) in [5.41, 5.74) is 2.28. The molecule has 0 spiro atoms. The molecule has 0 aliphatic rings. The molecule has 2 rings (SSSR count). The van der Waals surface area contributed by atoms with Crippen molar-refractivity contribution < 1.29 is 20.1 Å². The Morgan fingerprint density at radius 2 is 1.96 bits per heavy atom. The number of aryl methyl sites for hydroxylation is 1. The van der Waals surface area contributed by atoms with Crippen LogP contribution >= 0.6 is 0 Å². The maximum atomic E-state index is 11.8. The van der Waals surface area contributed by atoms with Gasteiger partial charge in [0, 0.05) is 30.3 Å². The van der Waals surface area contributed by atoms with E-state index in [1.54, 1.807) is 19.2 Å². The molecule has 5 nitrogen and oxygen atoms in total. The van der Waals surface area contributed by atoms with Crippen LogP contribution in [0.15, 0.2) is 18.3 Å². The van der Waals surface area contributed by atoms with Crippen LogP contribution in [0.25, 0.3) is 10.9 Å². The zero-order valence-electron chi connectivity index (χ0n) is 14.1. The van der Waals surface area contributed by atoms with Crippen molar-refractivity contribution in [3.8, 4) is 0 Å². The van der Waals surface area contributed by atoms with Gasteiger partial charge in [-0.05, 0) is 36.5 Å². The lowest BCUT2D eigenvalue weighted by Crippen LogP contribution is -2.13. The molecule has 0 amide bonds. The number of fused-ring (bicyclic) bond motifs is 1. The average Bonchev–Trinajstić information content (AvgIpc) is 2.82. The molecule has 5 heteroatoms. The molecule has 0 radical (unpaired) electrons. The summed E-state index contributed by atoms with van der Waals surface area (Å²) in [4.78, 5) is 11.8. The number of carboxylic acids is 1. The predicted octanol–water partition coefficient (Wildman–Crippen LogP) is 3.07. The van der Waals surface area contributed by atoms with Crippen molar-refractivity contribution in [2.24, 2.45) is 0 Å². The van der Waals surface area contributed by atoms with Crippen molar-refractivity contribution in [2.45, 2.75) is 52.2 Å². The zero-order chi connectivity index (χ0) is 17.4. The maximum absolute atomic E-state index is 11.8. The summed E-state index contributed by atoms with van der Waals surface area (Å²) in [5.74, 6) is -0.985. The molecule has 0 saturated carbocycles. The van der Waals surface area contributed by atoms with Gasteiger partial charge in [0.25, 0.3) is 0 Å². The van der Waals surface area contributed by atoms with Crippen LogP contribution in [-0.4, -0.2) is 32.5 Å². The summed E-state index contributed by atoms with van der Waals surface area (Å²) in [7, 11) is 0. The van der Waals surface area contributed by atoms with Gasteiger partial charge in [-0.3, -0.25) is 0 Å². The highest BCUT2D eigenvalue weighted by Gasteiger charge is 2.23. The Labute approximate surface area is 136 Å². The summed E-state index contributed by atoms with van der Waals surface area (Å²) < 4.78 is 1.82. The third kappa shape index (κ3) is 3.41. The van der Waals surface area contributed by atoms with Crippen LogP contribution in [0.2, 0.25) is 0 Å². The third-order valence-corrected chi connectivity index (χ3v) is 4.11. The quantitative estimate of drug-likeness (QED) is 0.791. The van der Waals surface area contributed by atoms with E-state index in [2.05, 4.69) is 0 Å². The monoisotopic (exact) mass is 319 g/mol. The fourth-order valence-corrected chi connectivity index (χ4v) is 2.81. The largest absolute Gasteiger partial charge is 0.478 e. The van der Waals surface area contributed by atoms with Gasteiger partial charge in [0.2, 0.25) is 0 Å². The van der Waals surface area contributed by atoms with E-state index in [0.29, 0.717) is 24.0 Å². The van der Waals surface area contributed by atoms with E-state index < -0.39 is 12.1 Å². The zero-order valence-corrected chi connectivity index (χ0v) is 14.1. The van der Waals surface area contributed by atoms with Gasteiger partial charge in [-0.25, -0.2) is 4.79 Å². The van der Waals surface area contributed by atoms with E-state index in [0.717, 1.165) is 10.9 Å². The second-order valence-corrected chi connectivity index (χ2v) is 7.01. The van der Waals surface area contributed by atoms with E-state index in [4.69, 9.17) is 5.11 Å². The summed E-state index contributed by atoms with van der Waals surface area (Å²) in [6.45, 7) is 8.32. The number of aromatic carboxylic acids is 1. The van der Waals surface area contributed by atoms with Gasteiger partial charge in [-0.1, -0.05) is 20.8 Å². The lowest BCUT2D eigenvalue weighted by atomic mass is 9.84. The Bertz CT molecular complexity index is 723. The van der Waals surface area contributed by atoms with Crippen LogP contribution in [0.5, 0.6) is 0 Å². The predicted molar refractivity (Wildman–Crippen MR) is 89.9 cm³/mol. The lowest BCUT2D eigenvalue weighted by Gasteiger charge is -2.20. The Hall–Kier alpha value is -1.85. The molecule has 0 aliphatic carbocycles. The van der Waals surface area contributed by atoms with Gasteiger partial charge in [0.05, 0.1) is 17.2 Å². The first-order valence-corrected chi connectivity index (χ1v) is 7.86. The van der Waals surface area contributed by atoms with E-state index in [9.17, 15) is 15.0 Å². The van der Waals surface area contributed by atoms with Crippen molar-refractivity contribution in [1.82, 2.24) is 4.57 Å². The smallest absolute Gasteiger partial charge is 0.337 e. The highest BCUT2D eigenvalue weighted by atomic mass is 16.4. The molecule has 126 valence electrons. The van der Waals surface area contributed by atoms with Crippen LogP contribution in [0.1, 0.15) is 61.7 Å². The lowest BCUT2D eigenvalue weighted by molar-refractivity contribution is 0.0698. The Balaban J connectivity index is 2.83. The fraction of sp³-hybridized carbons (Fsp3) is 0.500. The van der Waals surface area contributed by atoms with Gasteiger partial charge in [-0.15, -0.1) is 0 Å². The topological polar surface area (TPSA) is 82.7 Å². The SMILES string of the molecule is CC(O)c1cn(CCCO)c2c(C(=O)O)cc(C(C)(C)C)cc12.